The Kier molecular flexibility index (Phi) is 2.33. The first-order valence-electron chi connectivity index (χ1n) is 6.43. The van der Waals surface area contributed by atoms with Gasteiger partial charge in [-0.3, -0.25) is 0 Å². The lowest BCUT2D eigenvalue weighted by molar-refractivity contribution is 1.79. The maximum atomic E-state index is 2.82. The number of benzene rings is 4. The molecule has 0 aliphatic rings. The summed E-state index contributed by atoms with van der Waals surface area (Å²) in [5, 5.41) is 9.15. The molecular weight excluding hydrogens is 247 g/mol. The van der Waals surface area contributed by atoms with Crippen molar-refractivity contribution in [2.75, 3.05) is 0 Å². The van der Waals surface area contributed by atoms with Gasteiger partial charge in [-0.05, 0) is 49.8 Å². The molecule has 4 aromatic rings. The predicted octanol–water partition coefficient (Wildman–Crippen LogP) is 4.65. The molecule has 0 spiro atoms. The van der Waals surface area contributed by atoms with Crippen molar-refractivity contribution in [1.82, 2.24) is 0 Å². The molecule has 90 valence electrons. The smallest absolute Gasteiger partial charge is 0.00988 e. The maximum absolute atomic E-state index is 2.82. The van der Waals surface area contributed by atoms with Crippen LogP contribution in [0.1, 0.15) is 0 Å². The molecule has 0 radical (unpaired) electrons. The first-order chi connectivity index (χ1) is 9.33. The van der Waals surface area contributed by atoms with Crippen LogP contribution in [0.4, 0.5) is 0 Å². The predicted molar refractivity (Wildman–Crippen MR) is 88.3 cm³/mol. The molecule has 1 unspecified atom stereocenters. The van der Waals surface area contributed by atoms with Gasteiger partial charge >= 0.3 is 0 Å². The van der Waals surface area contributed by atoms with Gasteiger partial charge in [0.1, 0.15) is 0 Å². The number of hydrogen-bond acceptors (Lipinski definition) is 0. The summed E-state index contributed by atoms with van der Waals surface area (Å²) in [7, 11) is 2.82. The van der Waals surface area contributed by atoms with Gasteiger partial charge in [0, 0.05) is 0 Å². The molecule has 0 aliphatic carbocycles. The minimum atomic E-state index is 1.26. The van der Waals surface area contributed by atoms with Crippen LogP contribution < -0.4 is 5.30 Å². The summed E-state index contributed by atoms with van der Waals surface area (Å²) in [4.78, 5) is 0. The molecule has 0 N–H and O–H groups in total. The summed E-state index contributed by atoms with van der Waals surface area (Å²) >= 11 is 0. The van der Waals surface area contributed by atoms with Gasteiger partial charge in [-0.15, -0.1) is 9.24 Å². The minimum absolute atomic E-state index is 1.26. The van der Waals surface area contributed by atoms with E-state index in [0.717, 1.165) is 0 Å². The molecule has 4 aromatic carbocycles. The first kappa shape index (κ1) is 11.0. The molecule has 0 nitrogen and oxygen atoms in total. The van der Waals surface area contributed by atoms with E-state index in [1.807, 2.05) is 0 Å². The van der Waals surface area contributed by atoms with Crippen LogP contribution in [-0.4, -0.2) is 0 Å². The quantitative estimate of drug-likeness (QED) is 0.245. The molecule has 19 heavy (non-hydrogen) atoms. The van der Waals surface area contributed by atoms with Crippen LogP contribution in [0, 0.1) is 0 Å². The average molecular weight is 260 g/mol. The minimum Gasteiger partial charge on any atom is -0.105 e. The summed E-state index contributed by atoms with van der Waals surface area (Å²) in [6, 6.07) is 24.0. The van der Waals surface area contributed by atoms with Gasteiger partial charge in [-0.25, -0.2) is 0 Å². The standard InChI is InChI=1S/C18H13P/c19-18-7-3-6-15-16(18)9-8-14-10-12-4-1-2-5-13(12)11-17(14)15/h1-11H,19H2. The summed E-state index contributed by atoms with van der Waals surface area (Å²) in [5.41, 5.74) is 0. The molecule has 0 fully saturated rings. The molecule has 0 heterocycles. The molecule has 0 bridgehead atoms. The summed E-state index contributed by atoms with van der Waals surface area (Å²) < 4.78 is 0. The zero-order valence-electron chi connectivity index (χ0n) is 10.4. The van der Waals surface area contributed by atoms with Crippen molar-refractivity contribution in [3.8, 4) is 0 Å². The van der Waals surface area contributed by atoms with Crippen molar-refractivity contribution in [2.45, 2.75) is 0 Å². The van der Waals surface area contributed by atoms with E-state index >= 15 is 0 Å². The maximum Gasteiger partial charge on any atom is -0.00988 e. The van der Waals surface area contributed by atoms with Gasteiger partial charge in [0.15, 0.2) is 0 Å². The van der Waals surface area contributed by atoms with E-state index in [0.29, 0.717) is 0 Å². The van der Waals surface area contributed by atoms with Crippen LogP contribution >= 0.6 is 9.24 Å². The Balaban J connectivity index is 2.26. The lowest BCUT2D eigenvalue weighted by atomic mass is 9.98. The monoisotopic (exact) mass is 260 g/mol. The van der Waals surface area contributed by atoms with Gasteiger partial charge in [-0.1, -0.05) is 54.6 Å². The van der Waals surface area contributed by atoms with Crippen LogP contribution in [0.5, 0.6) is 0 Å². The molecule has 4 rings (SSSR count). The van der Waals surface area contributed by atoms with Crippen molar-refractivity contribution in [3.05, 3.63) is 66.7 Å². The topological polar surface area (TPSA) is 0 Å². The van der Waals surface area contributed by atoms with Crippen molar-refractivity contribution in [2.24, 2.45) is 0 Å². The Labute approximate surface area is 114 Å². The van der Waals surface area contributed by atoms with Gasteiger partial charge in [-0.2, -0.15) is 0 Å². The Bertz CT molecular complexity index is 922. The molecule has 0 saturated carbocycles. The summed E-state index contributed by atoms with van der Waals surface area (Å²) in [6.45, 7) is 0. The third kappa shape index (κ3) is 1.64. The van der Waals surface area contributed by atoms with Crippen molar-refractivity contribution >= 4 is 46.9 Å². The Hall–Kier alpha value is -1.91. The molecule has 1 atom stereocenters. The van der Waals surface area contributed by atoms with Crippen LogP contribution in [-0.2, 0) is 0 Å². The largest absolute Gasteiger partial charge is 0.105 e. The van der Waals surface area contributed by atoms with Crippen LogP contribution in [0.2, 0.25) is 0 Å². The van der Waals surface area contributed by atoms with Crippen LogP contribution in [0.25, 0.3) is 32.3 Å². The van der Waals surface area contributed by atoms with Crippen molar-refractivity contribution in [1.29, 1.82) is 0 Å². The highest BCUT2D eigenvalue weighted by Gasteiger charge is 2.03. The van der Waals surface area contributed by atoms with Crippen LogP contribution in [0.15, 0.2) is 66.7 Å². The fourth-order valence-corrected chi connectivity index (χ4v) is 3.17. The zero-order valence-corrected chi connectivity index (χ0v) is 11.6. The second-order valence-corrected chi connectivity index (χ2v) is 5.55. The Morgan fingerprint density at radius 1 is 0.526 bits per heavy atom. The number of hydrogen-bond donors (Lipinski definition) is 0. The molecule has 0 aliphatic heterocycles. The molecule has 0 amide bonds. The summed E-state index contributed by atoms with van der Waals surface area (Å²) in [5.74, 6) is 0. The van der Waals surface area contributed by atoms with E-state index in [1.54, 1.807) is 0 Å². The van der Waals surface area contributed by atoms with E-state index in [2.05, 4.69) is 76.0 Å². The zero-order chi connectivity index (χ0) is 12.8. The highest BCUT2D eigenvalue weighted by Crippen LogP contribution is 2.29. The molecule has 1 heteroatoms. The molecule has 0 aromatic heterocycles. The second kappa shape index (κ2) is 4.05. The lowest BCUT2D eigenvalue weighted by Gasteiger charge is -2.08. The normalized spacial score (nSPS) is 11.4. The number of fused-ring (bicyclic) bond motifs is 4. The van der Waals surface area contributed by atoms with E-state index in [4.69, 9.17) is 0 Å². The fourth-order valence-electron chi connectivity index (χ4n) is 2.81. The first-order valence-corrected chi connectivity index (χ1v) is 7.00. The van der Waals surface area contributed by atoms with Gasteiger partial charge in [0.25, 0.3) is 0 Å². The lowest BCUT2D eigenvalue weighted by Crippen LogP contribution is -1.92. The van der Waals surface area contributed by atoms with Crippen molar-refractivity contribution < 1.29 is 0 Å². The number of rotatable bonds is 0. The Morgan fingerprint density at radius 2 is 1.32 bits per heavy atom. The van der Waals surface area contributed by atoms with E-state index < -0.39 is 0 Å². The third-order valence-electron chi connectivity index (χ3n) is 3.78. The van der Waals surface area contributed by atoms with Gasteiger partial charge in [0.2, 0.25) is 0 Å². The molecule has 0 saturated heterocycles. The SMILES string of the molecule is Pc1cccc2c1ccc1cc3ccccc3cc12. The summed E-state index contributed by atoms with van der Waals surface area (Å²) in [6.07, 6.45) is 0. The molecular formula is C18H13P. The van der Waals surface area contributed by atoms with Crippen LogP contribution in [0.3, 0.4) is 0 Å². The van der Waals surface area contributed by atoms with E-state index in [1.165, 1.54) is 37.6 Å². The van der Waals surface area contributed by atoms with Gasteiger partial charge in [0.05, 0.1) is 0 Å². The fraction of sp³-hybridized carbons (Fsp3) is 0. The van der Waals surface area contributed by atoms with E-state index in [-0.39, 0.29) is 0 Å². The van der Waals surface area contributed by atoms with Gasteiger partial charge < -0.3 is 0 Å². The second-order valence-electron chi connectivity index (χ2n) is 4.93. The Morgan fingerprint density at radius 3 is 2.16 bits per heavy atom. The third-order valence-corrected chi connectivity index (χ3v) is 4.28. The van der Waals surface area contributed by atoms with Crippen molar-refractivity contribution in [3.63, 3.8) is 0 Å². The highest BCUT2D eigenvalue weighted by atomic mass is 31.0. The highest BCUT2D eigenvalue weighted by molar-refractivity contribution is 7.28. The van der Waals surface area contributed by atoms with E-state index in [9.17, 15) is 0 Å². The average Bonchev–Trinajstić information content (AvgIpc) is 2.45.